The van der Waals surface area contributed by atoms with Crippen LogP contribution in [0.1, 0.15) is 17.1 Å². The summed E-state index contributed by atoms with van der Waals surface area (Å²) >= 11 is 0. The number of aryl methyl sites for hydroxylation is 1. The quantitative estimate of drug-likeness (QED) is 0.850. The number of furan rings is 1. The first kappa shape index (κ1) is 16.1. The lowest BCUT2D eigenvalue weighted by molar-refractivity contribution is 0.0724. The van der Waals surface area contributed by atoms with Gasteiger partial charge in [0.05, 0.1) is 18.2 Å². The lowest BCUT2D eigenvalue weighted by Crippen LogP contribution is -2.32. The summed E-state index contributed by atoms with van der Waals surface area (Å²) in [4.78, 5) is 1.98. The molecule has 1 aromatic heterocycles. The summed E-state index contributed by atoms with van der Waals surface area (Å²) in [6.07, 6.45) is -0.600. The van der Waals surface area contributed by atoms with Crippen molar-refractivity contribution >= 4 is 0 Å². The van der Waals surface area contributed by atoms with Crippen molar-refractivity contribution in [3.8, 4) is 11.8 Å². The fourth-order valence-electron chi connectivity index (χ4n) is 2.13. The molecule has 0 aliphatic heterocycles. The van der Waals surface area contributed by atoms with Crippen LogP contribution in [0.25, 0.3) is 0 Å². The highest BCUT2D eigenvalue weighted by atomic mass is 16.5. The molecule has 2 aromatic rings. The van der Waals surface area contributed by atoms with Crippen LogP contribution in [0.5, 0.6) is 5.75 Å². The summed E-state index contributed by atoms with van der Waals surface area (Å²) in [6, 6.07) is 12.7. The molecule has 22 heavy (non-hydrogen) atoms. The van der Waals surface area contributed by atoms with Gasteiger partial charge in [0.25, 0.3) is 0 Å². The zero-order chi connectivity index (χ0) is 15.9. The van der Waals surface area contributed by atoms with Crippen LogP contribution >= 0.6 is 0 Å². The lowest BCUT2D eigenvalue weighted by Gasteiger charge is -2.19. The van der Waals surface area contributed by atoms with E-state index in [1.165, 1.54) is 0 Å². The normalized spacial score (nSPS) is 12.1. The van der Waals surface area contributed by atoms with Crippen molar-refractivity contribution in [3.63, 3.8) is 0 Å². The molecule has 116 valence electrons. The minimum Gasteiger partial charge on any atom is -0.491 e. The number of aliphatic hydroxyl groups excluding tert-OH is 1. The molecular weight excluding hydrogens is 280 g/mol. The number of hydrogen-bond donors (Lipinski definition) is 1. The summed E-state index contributed by atoms with van der Waals surface area (Å²) in [5.74, 6) is 2.40. The maximum atomic E-state index is 10.0. The second kappa shape index (κ2) is 7.64. The molecule has 0 radical (unpaired) electrons. The Morgan fingerprint density at radius 3 is 2.59 bits per heavy atom. The molecule has 0 saturated carbocycles. The van der Waals surface area contributed by atoms with E-state index in [9.17, 15) is 5.11 Å². The Labute approximate surface area is 130 Å². The Balaban J connectivity index is 1.74. The second-order valence-electron chi connectivity index (χ2n) is 5.31. The van der Waals surface area contributed by atoms with Crippen LogP contribution in [-0.2, 0) is 6.54 Å². The Morgan fingerprint density at radius 1 is 1.27 bits per heavy atom. The Bertz CT molecular complexity index is 628. The van der Waals surface area contributed by atoms with Crippen LogP contribution in [0.4, 0.5) is 0 Å². The summed E-state index contributed by atoms with van der Waals surface area (Å²) in [7, 11) is 1.92. The van der Waals surface area contributed by atoms with Gasteiger partial charge in [0.2, 0.25) is 0 Å². The van der Waals surface area contributed by atoms with Crippen molar-refractivity contribution in [2.24, 2.45) is 0 Å². The fraction of sp³-hybridized carbons (Fsp3) is 0.353. The van der Waals surface area contributed by atoms with Crippen molar-refractivity contribution < 1.29 is 14.3 Å². The van der Waals surface area contributed by atoms with Gasteiger partial charge in [-0.2, -0.15) is 5.26 Å². The molecule has 0 saturated heterocycles. The average Bonchev–Trinajstić information content (AvgIpc) is 2.90. The van der Waals surface area contributed by atoms with E-state index in [2.05, 4.69) is 0 Å². The molecule has 5 nitrogen and oxygen atoms in total. The molecule has 0 aliphatic carbocycles. The van der Waals surface area contributed by atoms with Crippen LogP contribution in [-0.4, -0.2) is 36.3 Å². The SMILES string of the molecule is Cc1ccc(CN(C)CC(O)COc2ccc(C#N)cc2)o1. The summed E-state index contributed by atoms with van der Waals surface area (Å²) in [6.45, 7) is 3.23. The molecule has 0 fully saturated rings. The van der Waals surface area contributed by atoms with Crippen molar-refractivity contribution in [2.75, 3.05) is 20.2 Å². The summed E-state index contributed by atoms with van der Waals surface area (Å²) in [5, 5.41) is 18.7. The zero-order valence-electron chi connectivity index (χ0n) is 12.8. The molecule has 5 heteroatoms. The van der Waals surface area contributed by atoms with Crippen molar-refractivity contribution in [2.45, 2.75) is 19.6 Å². The van der Waals surface area contributed by atoms with Crippen LogP contribution < -0.4 is 4.74 Å². The first-order valence-corrected chi connectivity index (χ1v) is 7.11. The topological polar surface area (TPSA) is 69.6 Å². The third kappa shape index (κ3) is 4.92. The third-order valence-electron chi connectivity index (χ3n) is 3.17. The minimum absolute atomic E-state index is 0.202. The monoisotopic (exact) mass is 300 g/mol. The number of nitrogens with zero attached hydrogens (tertiary/aromatic N) is 2. The molecule has 2 rings (SSSR count). The number of likely N-dealkylation sites (N-methyl/N-ethyl adjacent to an activating group) is 1. The van der Waals surface area contributed by atoms with Gasteiger partial charge in [-0.15, -0.1) is 0 Å². The first-order chi connectivity index (χ1) is 10.6. The van der Waals surface area contributed by atoms with Gasteiger partial charge in [-0.3, -0.25) is 4.90 Å². The fourth-order valence-corrected chi connectivity index (χ4v) is 2.13. The highest BCUT2D eigenvalue weighted by molar-refractivity contribution is 5.34. The van der Waals surface area contributed by atoms with Gasteiger partial charge >= 0.3 is 0 Å². The van der Waals surface area contributed by atoms with E-state index in [4.69, 9.17) is 14.4 Å². The number of benzene rings is 1. The van der Waals surface area contributed by atoms with E-state index in [0.717, 1.165) is 11.5 Å². The zero-order valence-corrected chi connectivity index (χ0v) is 12.8. The van der Waals surface area contributed by atoms with Gasteiger partial charge in [-0.05, 0) is 50.4 Å². The molecular formula is C17H20N2O3. The van der Waals surface area contributed by atoms with E-state index in [-0.39, 0.29) is 6.61 Å². The maximum absolute atomic E-state index is 10.0. The predicted octanol–water partition coefficient (Wildman–Crippen LogP) is 2.33. The molecule has 1 N–H and O–H groups in total. The van der Waals surface area contributed by atoms with Gasteiger partial charge in [0.1, 0.15) is 30.0 Å². The highest BCUT2D eigenvalue weighted by Gasteiger charge is 2.11. The van der Waals surface area contributed by atoms with Gasteiger partial charge in [0.15, 0.2) is 0 Å². The predicted molar refractivity (Wildman–Crippen MR) is 82.4 cm³/mol. The number of nitriles is 1. The standard InChI is InChI=1S/C17H20N2O3/c1-13-3-6-17(22-13)11-19(2)10-15(20)12-21-16-7-4-14(9-18)5-8-16/h3-8,15,20H,10-12H2,1-2H3. The van der Waals surface area contributed by atoms with E-state index < -0.39 is 6.10 Å². The van der Waals surface area contributed by atoms with Crippen LogP contribution in [0.2, 0.25) is 0 Å². The first-order valence-electron chi connectivity index (χ1n) is 7.11. The average molecular weight is 300 g/mol. The van der Waals surface area contributed by atoms with E-state index in [1.807, 2.05) is 37.1 Å². The van der Waals surface area contributed by atoms with Crippen molar-refractivity contribution in [3.05, 3.63) is 53.5 Å². The molecule has 0 spiro atoms. The molecule has 0 aliphatic rings. The number of ether oxygens (including phenoxy) is 1. The number of aliphatic hydroxyl groups is 1. The van der Waals surface area contributed by atoms with E-state index in [0.29, 0.717) is 24.4 Å². The second-order valence-corrected chi connectivity index (χ2v) is 5.31. The number of hydrogen-bond acceptors (Lipinski definition) is 5. The number of rotatable bonds is 7. The van der Waals surface area contributed by atoms with E-state index in [1.54, 1.807) is 24.3 Å². The van der Waals surface area contributed by atoms with Crippen LogP contribution in [0, 0.1) is 18.3 Å². The van der Waals surface area contributed by atoms with Crippen molar-refractivity contribution in [1.82, 2.24) is 4.90 Å². The molecule has 1 aromatic carbocycles. The third-order valence-corrected chi connectivity index (χ3v) is 3.17. The van der Waals surface area contributed by atoms with Crippen LogP contribution in [0.15, 0.2) is 40.8 Å². The Kier molecular flexibility index (Phi) is 5.59. The highest BCUT2D eigenvalue weighted by Crippen LogP contribution is 2.12. The molecule has 1 unspecified atom stereocenters. The Morgan fingerprint density at radius 2 is 2.00 bits per heavy atom. The summed E-state index contributed by atoms with van der Waals surface area (Å²) in [5.41, 5.74) is 0.585. The maximum Gasteiger partial charge on any atom is 0.119 e. The molecule has 0 amide bonds. The van der Waals surface area contributed by atoms with Crippen LogP contribution in [0.3, 0.4) is 0 Å². The summed E-state index contributed by atoms with van der Waals surface area (Å²) < 4.78 is 11.0. The van der Waals surface area contributed by atoms with Gasteiger partial charge in [-0.1, -0.05) is 0 Å². The van der Waals surface area contributed by atoms with Gasteiger partial charge in [0, 0.05) is 6.54 Å². The molecule has 1 atom stereocenters. The minimum atomic E-state index is -0.600. The largest absolute Gasteiger partial charge is 0.491 e. The van der Waals surface area contributed by atoms with Gasteiger partial charge in [-0.25, -0.2) is 0 Å². The lowest BCUT2D eigenvalue weighted by atomic mass is 10.2. The Hall–Kier alpha value is -2.29. The van der Waals surface area contributed by atoms with Gasteiger partial charge < -0.3 is 14.3 Å². The molecule has 1 heterocycles. The molecule has 0 bridgehead atoms. The van der Waals surface area contributed by atoms with Crippen molar-refractivity contribution in [1.29, 1.82) is 5.26 Å². The smallest absolute Gasteiger partial charge is 0.119 e. The van der Waals surface area contributed by atoms with E-state index >= 15 is 0 Å².